The predicted molar refractivity (Wildman–Crippen MR) is 111 cm³/mol. The number of methoxy groups -OCH3 is 2. The molecule has 8 heteroatoms. The molecule has 2 heterocycles. The van der Waals surface area contributed by atoms with Crippen LogP contribution in [0.4, 0.5) is 0 Å². The van der Waals surface area contributed by atoms with E-state index in [4.69, 9.17) is 18.9 Å². The van der Waals surface area contributed by atoms with Crippen LogP contribution < -0.4 is 23.7 Å². The SMILES string of the molecule is CCCn1c(=NC(=O)c2ccc3c(c2)OCCO3)sc2cc(OC)c(OC)cc21. The molecule has 0 atom stereocenters. The van der Waals surface area contributed by atoms with Crippen LogP contribution >= 0.6 is 11.3 Å². The van der Waals surface area contributed by atoms with Crippen molar-refractivity contribution in [2.24, 2.45) is 4.99 Å². The van der Waals surface area contributed by atoms with Gasteiger partial charge in [-0.05, 0) is 24.6 Å². The molecule has 1 aliphatic rings. The number of amides is 1. The van der Waals surface area contributed by atoms with Crippen molar-refractivity contribution in [2.45, 2.75) is 19.9 Å². The fraction of sp³-hybridized carbons (Fsp3) is 0.333. The smallest absolute Gasteiger partial charge is 0.279 e. The van der Waals surface area contributed by atoms with Gasteiger partial charge in [0.25, 0.3) is 5.91 Å². The first-order valence-electron chi connectivity index (χ1n) is 9.38. The molecule has 0 aliphatic carbocycles. The third-order valence-electron chi connectivity index (χ3n) is 4.62. The first kappa shape index (κ1) is 19.3. The molecule has 0 saturated heterocycles. The second kappa shape index (κ2) is 8.16. The van der Waals surface area contributed by atoms with Gasteiger partial charge in [0.1, 0.15) is 13.2 Å². The van der Waals surface area contributed by atoms with Gasteiger partial charge in [-0.25, -0.2) is 0 Å². The lowest BCUT2D eigenvalue weighted by Crippen LogP contribution is -2.18. The Labute approximate surface area is 172 Å². The van der Waals surface area contributed by atoms with E-state index in [1.165, 1.54) is 11.3 Å². The molecule has 0 radical (unpaired) electrons. The number of carbonyl (C=O) groups excluding carboxylic acids is 1. The summed E-state index contributed by atoms with van der Waals surface area (Å²) >= 11 is 1.45. The standard InChI is InChI=1S/C21H22N2O5S/c1-4-7-23-14-11-16(25-2)17(26-3)12-19(14)29-21(23)22-20(24)13-5-6-15-18(10-13)28-9-8-27-15/h5-6,10-12H,4,7-9H2,1-3H3. The van der Waals surface area contributed by atoms with E-state index < -0.39 is 0 Å². The van der Waals surface area contributed by atoms with Crippen LogP contribution in [0.1, 0.15) is 23.7 Å². The fourth-order valence-corrected chi connectivity index (χ4v) is 4.31. The summed E-state index contributed by atoms with van der Waals surface area (Å²) in [6.07, 6.45) is 0.908. The number of thiazole rings is 1. The highest BCUT2D eigenvalue weighted by Crippen LogP contribution is 2.34. The molecular weight excluding hydrogens is 392 g/mol. The van der Waals surface area contributed by atoms with Crippen molar-refractivity contribution in [1.82, 2.24) is 4.57 Å². The Balaban J connectivity index is 1.80. The van der Waals surface area contributed by atoms with Gasteiger partial charge in [-0.3, -0.25) is 4.79 Å². The minimum atomic E-state index is -0.322. The van der Waals surface area contributed by atoms with E-state index in [0.717, 1.165) is 23.2 Å². The van der Waals surface area contributed by atoms with Gasteiger partial charge in [-0.2, -0.15) is 4.99 Å². The highest BCUT2D eigenvalue weighted by atomic mass is 32.1. The maximum atomic E-state index is 12.9. The number of aromatic nitrogens is 1. The lowest BCUT2D eigenvalue weighted by molar-refractivity contribution is 0.0996. The molecule has 1 amide bonds. The third kappa shape index (κ3) is 3.67. The molecule has 2 aromatic carbocycles. The average molecular weight is 414 g/mol. The van der Waals surface area contributed by atoms with Gasteiger partial charge < -0.3 is 23.5 Å². The predicted octanol–water partition coefficient (Wildman–Crippen LogP) is 3.64. The number of hydrogen-bond donors (Lipinski definition) is 0. The van der Waals surface area contributed by atoms with E-state index >= 15 is 0 Å². The van der Waals surface area contributed by atoms with Crippen molar-refractivity contribution in [3.05, 3.63) is 40.7 Å². The molecular formula is C21H22N2O5S. The Morgan fingerprint density at radius 2 is 1.83 bits per heavy atom. The van der Waals surface area contributed by atoms with Gasteiger partial charge in [-0.1, -0.05) is 18.3 Å². The maximum Gasteiger partial charge on any atom is 0.279 e. The summed E-state index contributed by atoms with van der Waals surface area (Å²) in [4.78, 5) is 17.9. The van der Waals surface area contributed by atoms with Gasteiger partial charge in [0.15, 0.2) is 27.8 Å². The molecule has 0 fully saturated rings. The van der Waals surface area contributed by atoms with Crippen molar-refractivity contribution in [3.8, 4) is 23.0 Å². The molecule has 0 unspecified atom stereocenters. The maximum absolute atomic E-state index is 12.9. The van der Waals surface area contributed by atoms with Gasteiger partial charge in [0.2, 0.25) is 0 Å². The summed E-state index contributed by atoms with van der Waals surface area (Å²) in [5.41, 5.74) is 1.42. The minimum absolute atomic E-state index is 0.322. The number of benzene rings is 2. The van der Waals surface area contributed by atoms with Crippen LogP contribution in [0.3, 0.4) is 0 Å². The number of nitrogens with zero attached hydrogens (tertiary/aromatic N) is 2. The summed E-state index contributed by atoms with van der Waals surface area (Å²) in [6, 6.07) is 8.98. The zero-order valence-corrected chi connectivity index (χ0v) is 17.4. The number of fused-ring (bicyclic) bond motifs is 2. The number of hydrogen-bond acceptors (Lipinski definition) is 6. The van der Waals surface area contributed by atoms with Crippen molar-refractivity contribution in [1.29, 1.82) is 0 Å². The molecule has 152 valence electrons. The van der Waals surface area contributed by atoms with Crippen LogP contribution in [0.2, 0.25) is 0 Å². The largest absolute Gasteiger partial charge is 0.493 e. The average Bonchev–Trinajstić information content (AvgIpc) is 3.08. The summed E-state index contributed by atoms with van der Waals surface area (Å²) in [6.45, 7) is 3.81. The van der Waals surface area contributed by atoms with Crippen LogP contribution in [0.25, 0.3) is 10.2 Å². The molecule has 3 aromatic rings. The zero-order chi connectivity index (χ0) is 20.4. The van der Waals surface area contributed by atoms with Crippen LogP contribution in [0.5, 0.6) is 23.0 Å². The van der Waals surface area contributed by atoms with Gasteiger partial charge in [0.05, 0.1) is 24.4 Å². The normalized spacial score (nSPS) is 13.6. The quantitative estimate of drug-likeness (QED) is 0.637. The number of ether oxygens (including phenoxy) is 4. The second-order valence-electron chi connectivity index (χ2n) is 6.49. The van der Waals surface area contributed by atoms with E-state index in [2.05, 4.69) is 11.9 Å². The molecule has 0 bridgehead atoms. The van der Waals surface area contributed by atoms with Crippen molar-refractivity contribution < 1.29 is 23.7 Å². The van der Waals surface area contributed by atoms with E-state index in [1.807, 2.05) is 16.7 Å². The molecule has 29 heavy (non-hydrogen) atoms. The summed E-state index contributed by atoms with van der Waals surface area (Å²) in [5, 5.41) is 0. The van der Waals surface area contributed by atoms with Crippen molar-refractivity contribution >= 4 is 27.5 Å². The van der Waals surface area contributed by atoms with Crippen LogP contribution in [0.15, 0.2) is 35.3 Å². The van der Waals surface area contributed by atoms with Gasteiger partial charge in [0, 0.05) is 24.2 Å². The second-order valence-corrected chi connectivity index (χ2v) is 7.50. The summed E-state index contributed by atoms with van der Waals surface area (Å²) in [7, 11) is 3.21. The Morgan fingerprint density at radius 3 is 2.55 bits per heavy atom. The first-order chi connectivity index (χ1) is 14.1. The van der Waals surface area contributed by atoms with Gasteiger partial charge >= 0.3 is 0 Å². The topological polar surface area (TPSA) is 71.3 Å². The number of rotatable bonds is 5. The summed E-state index contributed by atoms with van der Waals surface area (Å²) in [5.74, 6) is 2.19. The molecule has 0 N–H and O–H groups in total. The van der Waals surface area contributed by atoms with Crippen molar-refractivity contribution in [3.63, 3.8) is 0 Å². The number of aryl methyl sites for hydroxylation is 1. The lowest BCUT2D eigenvalue weighted by atomic mass is 10.2. The molecule has 7 nitrogen and oxygen atoms in total. The minimum Gasteiger partial charge on any atom is -0.493 e. The van der Waals surface area contributed by atoms with Crippen LogP contribution in [0, 0.1) is 0 Å². The molecule has 1 aromatic heterocycles. The Kier molecular flexibility index (Phi) is 5.44. The zero-order valence-electron chi connectivity index (χ0n) is 16.6. The van der Waals surface area contributed by atoms with E-state index in [0.29, 0.717) is 46.6 Å². The van der Waals surface area contributed by atoms with Crippen molar-refractivity contribution in [2.75, 3.05) is 27.4 Å². The lowest BCUT2D eigenvalue weighted by Gasteiger charge is -2.18. The van der Waals surface area contributed by atoms with Gasteiger partial charge in [-0.15, -0.1) is 0 Å². The molecule has 4 rings (SSSR count). The Morgan fingerprint density at radius 1 is 1.10 bits per heavy atom. The number of carbonyl (C=O) groups is 1. The molecule has 0 spiro atoms. The highest BCUT2D eigenvalue weighted by molar-refractivity contribution is 7.16. The third-order valence-corrected chi connectivity index (χ3v) is 5.66. The fourth-order valence-electron chi connectivity index (χ4n) is 3.25. The van der Waals surface area contributed by atoms with E-state index in [1.54, 1.807) is 32.4 Å². The van der Waals surface area contributed by atoms with E-state index in [-0.39, 0.29) is 5.91 Å². The monoisotopic (exact) mass is 414 g/mol. The van der Waals surface area contributed by atoms with Crippen LogP contribution in [-0.4, -0.2) is 37.9 Å². The van der Waals surface area contributed by atoms with Crippen LogP contribution in [-0.2, 0) is 6.54 Å². The van der Waals surface area contributed by atoms with E-state index in [9.17, 15) is 4.79 Å². The molecule has 0 saturated carbocycles. The first-order valence-corrected chi connectivity index (χ1v) is 10.2. The molecule has 1 aliphatic heterocycles. The summed E-state index contributed by atoms with van der Waals surface area (Å²) < 4.78 is 24.9. The Bertz CT molecular complexity index is 1130. The Hall–Kier alpha value is -3.00. The highest BCUT2D eigenvalue weighted by Gasteiger charge is 2.16.